The maximum Gasteiger partial charge on any atom is 0.148 e. The van der Waals surface area contributed by atoms with Gasteiger partial charge in [-0.05, 0) is 62.6 Å². The van der Waals surface area contributed by atoms with Gasteiger partial charge < -0.3 is 19.1 Å². The van der Waals surface area contributed by atoms with Gasteiger partial charge in [-0.3, -0.25) is 0 Å². The predicted molar refractivity (Wildman–Crippen MR) is 127 cm³/mol. The van der Waals surface area contributed by atoms with E-state index in [1.54, 1.807) is 0 Å². The van der Waals surface area contributed by atoms with E-state index in [1.165, 1.54) is 5.56 Å². The third kappa shape index (κ3) is 4.78. The zero-order valence-electron chi connectivity index (χ0n) is 19.1. The molecule has 0 fully saturated rings. The first kappa shape index (κ1) is 21.9. The standard InChI is InChI=1S/C27H30N2O3/c1-18-12-13-25(21(4)14-18)31-16-22(30)15-29-24-11-6-5-10-23(24)28-26(29)17-32-27-19(2)8-7-9-20(27)3/h5-14,22,30H,15-17H2,1-4H3. The molecule has 0 saturated heterocycles. The van der Waals surface area contributed by atoms with Crippen LogP contribution in [0.4, 0.5) is 0 Å². The summed E-state index contributed by atoms with van der Waals surface area (Å²) in [6.07, 6.45) is -0.688. The second-order valence-electron chi connectivity index (χ2n) is 8.37. The van der Waals surface area contributed by atoms with Crippen LogP contribution in [0, 0.1) is 27.7 Å². The summed E-state index contributed by atoms with van der Waals surface area (Å²) in [6, 6.07) is 20.1. The molecular weight excluding hydrogens is 400 g/mol. The maximum atomic E-state index is 10.8. The zero-order valence-corrected chi connectivity index (χ0v) is 19.1. The minimum atomic E-state index is -0.688. The highest BCUT2D eigenvalue weighted by atomic mass is 16.5. The molecule has 1 unspecified atom stereocenters. The summed E-state index contributed by atoms with van der Waals surface area (Å²) in [6.45, 7) is 9.05. The third-order valence-corrected chi connectivity index (χ3v) is 5.64. The molecule has 4 aromatic rings. The summed E-state index contributed by atoms with van der Waals surface area (Å²) in [5.74, 6) is 2.45. The van der Waals surface area contributed by atoms with Gasteiger partial charge in [-0.25, -0.2) is 4.98 Å². The van der Waals surface area contributed by atoms with Gasteiger partial charge in [0.25, 0.3) is 0 Å². The zero-order chi connectivity index (χ0) is 22.7. The molecule has 0 amide bonds. The Balaban J connectivity index is 1.52. The summed E-state index contributed by atoms with van der Waals surface area (Å²) >= 11 is 0. The number of aliphatic hydroxyl groups excluding tert-OH is 1. The fourth-order valence-corrected chi connectivity index (χ4v) is 4.01. The van der Waals surface area contributed by atoms with Gasteiger partial charge in [-0.2, -0.15) is 0 Å². The van der Waals surface area contributed by atoms with Crippen LogP contribution >= 0.6 is 0 Å². The van der Waals surface area contributed by atoms with Gasteiger partial charge >= 0.3 is 0 Å². The number of para-hydroxylation sites is 3. The van der Waals surface area contributed by atoms with Crippen molar-refractivity contribution in [3.05, 3.63) is 88.7 Å². The van der Waals surface area contributed by atoms with E-state index in [0.29, 0.717) is 13.2 Å². The normalized spacial score (nSPS) is 12.2. The van der Waals surface area contributed by atoms with E-state index < -0.39 is 6.10 Å². The molecule has 0 saturated carbocycles. The van der Waals surface area contributed by atoms with Gasteiger partial charge in [-0.1, -0.05) is 48.0 Å². The van der Waals surface area contributed by atoms with Crippen LogP contribution in [-0.2, 0) is 13.2 Å². The molecular formula is C27H30N2O3. The Morgan fingerprint density at radius 1 is 0.875 bits per heavy atom. The summed E-state index contributed by atoms with van der Waals surface area (Å²) in [5.41, 5.74) is 6.29. The van der Waals surface area contributed by atoms with Gasteiger partial charge in [0.1, 0.15) is 36.6 Å². The van der Waals surface area contributed by atoms with E-state index in [9.17, 15) is 5.11 Å². The monoisotopic (exact) mass is 430 g/mol. The highest BCUT2D eigenvalue weighted by Crippen LogP contribution is 2.25. The van der Waals surface area contributed by atoms with Crippen LogP contribution in [0.15, 0.2) is 60.7 Å². The van der Waals surface area contributed by atoms with Crippen LogP contribution in [0.5, 0.6) is 11.5 Å². The highest BCUT2D eigenvalue weighted by molar-refractivity contribution is 5.75. The predicted octanol–water partition coefficient (Wildman–Crippen LogP) is 5.29. The Bertz CT molecular complexity index is 1210. The molecule has 166 valence electrons. The summed E-state index contributed by atoms with van der Waals surface area (Å²) in [4.78, 5) is 4.77. The van der Waals surface area contributed by atoms with Crippen molar-refractivity contribution in [2.75, 3.05) is 6.61 Å². The number of aryl methyl sites for hydroxylation is 4. The Labute approximate surface area is 189 Å². The van der Waals surface area contributed by atoms with Gasteiger partial charge in [0, 0.05) is 0 Å². The second kappa shape index (κ2) is 9.45. The van der Waals surface area contributed by atoms with Crippen molar-refractivity contribution in [1.82, 2.24) is 9.55 Å². The number of hydrogen-bond acceptors (Lipinski definition) is 4. The number of hydrogen-bond donors (Lipinski definition) is 1. The maximum absolute atomic E-state index is 10.8. The number of aromatic nitrogens is 2. The first-order chi connectivity index (χ1) is 15.4. The van der Waals surface area contributed by atoms with Gasteiger partial charge in [-0.15, -0.1) is 0 Å². The van der Waals surface area contributed by atoms with E-state index >= 15 is 0 Å². The van der Waals surface area contributed by atoms with E-state index in [4.69, 9.17) is 14.5 Å². The van der Waals surface area contributed by atoms with Crippen molar-refractivity contribution >= 4 is 11.0 Å². The number of rotatable bonds is 8. The average molecular weight is 431 g/mol. The lowest BCUT2D eigenvalue weighted by molar-refractivity contribution is 0.0914. The summed E-state index contributed by atoms with van der Waals surface area (Å²) in [7, 11) is 0. The SMILES string of the molecule is Cc1ccc(OCC(O)Cn2c(COc3c(C)cccc3C)nc3ccccc32)c(C)c1. The molecule has 5 heteroatoms. The number of imidazole rings is 1. The molecule has 0 spiro atoms. The number of aliphatic hydroxyl groups is 1. The number of fused-ring (bicyclic) bond motifs is 1. The molecule has 0 aliphatic heterocycles. The van der Waals surface area contributed by atoms with Gasteiger partial charge in [0.2, 0.25) is 0 Å². The van der Waals surface area contributed by atoms with Crippen LogP contribution < -0.4 is 9.47 Å². The van der Waals surface area contributed by atoms with Gasteiger partial charge in [0.15, 0.2) is 0 Å². The highest BCUT2D eigenvalue weighted by Gasteiger charge is 2.16. The average Bonchev–Trinajstić information content (AvgIpc) is 3.10. The van der Waals surface area contributed by atoms with E-state index in [-0.39, 0.29) is 6.61 Å². The Morgan fingerprint density at radius 3 is 2.38 bits per heavy atom. The molecule has 1 N–H and O–H groups in total. The third-order valence-electron chi connectivity index (χ3n) is 5.64. The molecule has 5 nitrogen and oxygen atoms in total. The topological polar surface area (TPSA) is 56.5 Å². The molecule has 4 rings (SSSR count). The van der Waals surface area contributed by atoms with Crippen LogP contribution in [-0.4, -0.2) is 27.4 Å². The number of nitrogens with zero attached hydrogens (tertiary/aromatic N) is 2. The number of benzene rings is 3. The van der Waals surface area contributed by atoms with E-state index in [2.05, 4.69) is 13.0 Å². The molecule has 0 aliphatic carbocycles. The van der Waals surface area contributed by atoms with Crippen LogP contribution in [0.3, 0.4) is 0 Å². The minimum Gasteiger partial charge on any atom is -0.491 e. The minimum absolute atomic E-state index is 0.202. The second-order valence-corrected chi connectivity index (χ2v) is 8.37. The summed E-state index contributed by atoms with van der Waals surface area (Å²) in [5, 5.41) is 10.8. The Hall–Kier alpha value is -3.31. The lowest BCUT2D eigenvalue weighted by atomic mass is 10.1. The lowest BCUT2D eigenvalue weighted by Crippen LogP contribution is -2.25. The molecule has 32 heavy (non-hydrogen) atoms. The lowest BCUT2D eigenvalue weighted by Gasteiger charge is -2.17. The molecule has 0 bridgehead atoms. The van der Waals surface area contributed by atoms with Crippen LogP contribution in [0.25, 0.3) is 11.0 Å². The van der Waals surface area contributed by atoms with Crippen molar-refractivity contribution in [2.45, 2.75) is 47.0 Å². The van der Waals surface area contributed by atoms with Crippen molar-refractivity contribution in [3.8, 4) is 11.5 Å². The van der Waals surface area contributed by atoms with E-state index in [1.807, 2.05) is 79.9 Å². The quantitative estimate of drug-likeness (QED) is 0.413. The fraction of sp³-hybridized carbons (Fsp3) is 0.296. The van der Waals surface area contributed by atoms with Gasteiger partial charge in [0.05, 0.1) is 17.6 Å². The van der Waals surface area contributed by atoms with E-state index in [0.717, 1.165) is 45.0 Å². The summed E-state index contributed by atoms with van der Waals surface area (Å²) < 4.78 is 14.1. The van der Waals surface area contributed by atoms with Crippen molar-refractivity contribution in [3.63, 3.8) is 0 Å². The Morgan fingerprint density at radius 2 is 1.62 bits per heavy atom. The van der Waals surface area contributed by atoms with Crippen molar-refractivity contribution in [2.24, 2.45) is 0 Å². The van der Waals surface area contributed by atoms with Crippen LogP contribution in [0.2, 0.25) is 0 Å². The first-order valence-corrected chi connectivity index (χ1v) is 10.9. The largest absolute Gasteiger partial charge is 0.491 e. The molecule has 1 heterocycles. The molecule has 0 radical (unpaired) electrons. The molecule has 1 aromatic heterocycles. The Kier molecular flexibility index (Phi) is 6.47. The van der Waals surface area contributed by atoms with Crippen molar-refractivity contribution in [1.29, 1.82) is 0 Å². The molecule has 0 aliphatic rings. The number of ether oxygens (including phenoxy) is 2. The smallest absolute Gasteiger partial charge is 0.148 e. The fourth-order valence-electron chi connectivity index (χ4n) is 4.01. The molecule has 3 aromatic carbocycles. The van der Waals surface area contributed by atoms with Crippen molar-refractivity contribution < 1.29 is 14.6 Å². The first-order valence-electron chi connectivity index (χ1n) is 10.9. The molecule has 1 atom stereocenters. The van der Waals surface area contributed by atoms with Crippen LogP contribution in [0.1, 0.15) is 28.1 Å².